The van der Waals surface area contributed by atoms with Gasteiger partial charge in [-0.3, -0.25) is 0 Å². The molecule has 0 aliphatic heterocycles. The van der Waals surface area contributed by atoms with E-state index in [4.69, 9.17) is 4.74 Å². The molecule has 0 bridgehead atoms. The number of hydrogen-bond acceptors (Lipinski definition) is 2. The van der Waals surface area contributed by atoms with E-state index in [0.29, 0.717) is 18.6 Å². The standard InChI is InChI=1S/C13H19FO2/c1-4-12(16-5-2)13(15)11-8-10(14)7-6-9(11)3/h6-8,12-13,15H,4-5H2,1-3H3. The molecule has 0 amide bonds. The first-order valence-corrected chi connectivity index (χ1v) is 5.65. The number of hydrogen-bond donors (Lipinski definition) is 1. The number of aliphatic hydroxyl groups excluding tert-OH is 1. The summed E-state index contributed by atoms with van der Waals surface area (Å²) in [6, 6.07) is 4.45. The van der Waals surface area contributed by atoms with Gasteiger partial charge in [-0.15, -0.1) is 0 Å². The van der Waals surface area contributed by atoms with Gasteiger partial charge in [0.1, 0.15) is 11.9 Å². The molecule has 0 aromatic heterocycles. The van der Waals surface area contributed by atoms with Crippen molar-refractivity contribution in [2.75, 3.05) is 6.61 Å². The average molecular weight is 226 g/mol. The van der Waals surface area contributed by atoms with E-state index in [0.717, 1.165) is 5.56 Å². The highest BCUT2D eigenvalue weighted by molar-refractivity contribution is 5.29. The summed E-state index contributed by atoms with van der Waals surface area (Å²) in [6.07, 6.45) is -0.337. The van der Waals surface area contributed by atoms with E-state index in [1.807, 2.05) is 20.8 Å². The number of aliphatic hydroxyl groups is 1. The van der Waals surface area contributed by atoms with E-state index in [-0.39, 0.29) is 11.9 Å². The van der Waals surface area contributed by atoms with Gasteiger partial charge in [0.2, 0.25) is 0 Å². The number of rotatable bonds is 5. The Balaban J connectivity index is 2.93. The Kier molecular flexibility index (Phi) is 4.90. The van der Waals surface area contributed by atoms with Crippen LogP contribution in [-0.2, 0) is 4.74 Å². The minimum atomic E-state index is -0.763. The van der Waals surface area contributed by atoms with E-state index in [1.165, 1.54) is 12.1 Å². The third-order valence-corrected chi connectivity index (χ3v) is 2.70. The quantitative estimate of drug-likeness (QED) is 0.836. The van der Waals surface area contributed by atoms with Crippen LogP contribution in [0.5, 0.6) is 0 Å². The molecule has 3 heteroatoms. The molecule has 1 rings (SSSR count). The molecule has 16 heavy (non-hydrogen) atoms. The van der Waals surface area contributed by atoms with Gasteiger partial charge in [0.05, 0.1) is 6.10 Å². The normalized spacial score (nSPS) is 14.8. The Bertz CT molecular complexity index is 339. The molecule has 0 spiro atoms. The van der Waals surface area contributed by atoms with Crippen LogP contribution in [0.25, 0.3) is 0 Å². The van der Waals surface area contributed by atoms with Gasteiger partial charge in [0.15, 0.2) is 0 Å². The van der Waals surface area contributed by atoms with Crippen LogP contribution in [0.3, 0.4) is 0 Å². The van der Waals surface area contributed by atoms with Crippen molar-refractivity contribution in [2.24, 2.45) is 0 Å². The number of ether oxygens (including phenoxy) is 1. The predicted octanol–water partition coefficient (Wildman–Crippen LogP) is 2.98. The molecule has 0 aliphatic rings. The van der Waals surface area contributed by atoms with Gasteiger partial charge < -0.3 is 9.84 Å². The summed E-state index contributed by atoms with van der Waals surface area (Å²) in [6.45, 7) is 6.23. The van der Waals surface area contributed by atoms with Crippen LogP contribution in [0.4, 0.5) is 4.39 Å². The maximum Gasteiger partial charge on any atom is 0.123 e. The van der Waals surface area contributed by atoms with E-state index in [9.17, 15) is 9.50 Å². The van der Waals surface area contributed by atoms with Gasteiger partial charge in [-0.1, -0.05) is 13.0 Å². The molecule has 0 radical (unpaired) electrons. The minimum Gasteiger partial charge on any atom is -0.386 e. The van der Waals surface area contributed by atoms with Crippen LogP contribution >= 0.6 is 0 Å². The maximum absolute atomic E-state index is 13.1. The van der Waals surface area contributed by atoms with Crippen molar-refractivity contribution in [3.63, 3.8) is 0 Å². The van der Waals surface area contributed by atoms with Crippen LogP contribution in [0.2, 0.25) is 0 Å². The lowest BCUT2D eigenvalue weighted by Gasteiger charge is -2.23. The van der Waals surface area contributed by atoms with Crippen LogP contribution < -0.4 is 0 Å². The summed E-state index contributed by atoms with van der Waals surface area (Å²) < 4.78 is 18.5. The summed E-state index contributed by atoms with van der Waals surface area (Å²) in [4.78, 5) is 0. The molecule has 2 unspecified atom stereocenters. The SMILES string of the molecule is CCOC(CC)C(O)c1cc(F)ccc1C. The molecule has 1 N–H and O–H groups in total. The number of benzene rings is 1. The second-order valence-electron chi connectivity index (χ2n) is 3.85. The zero-order chi connectivity index (χ0) is 12.1. The second kappa shape index (κ2) is 5.97. The third kappa shape index (κ3) is 3.03. The van der Waals surface area contributed by atoms with E-state index in [1.54, 1.807) is 6.07 Å². The first kappa shape index (κ1) is 13.1. The zero-order valence-corrected chi connectivity index (χ0v) is 10.0. The Morgan fingerprint density at radius 2 is 2.06 bits per heavy atom. The van der Waals surface area contributed by atoms with Crippen molar-refractivity contribution in [3.8, 4) is 0 Å². The molecular formula is C13H19FO2. The van der Waals surface area contributed by atoms with Crippen LogP contribution in [0.15, 0.2) is 18.2 Å². The fourth-order valence-corrected chi connectivity index (χ4v) is 1.78. The van der Waals surface area contributed by atoms with Crippen molar-refractivity contribution in [3.05, 3.63) is 35.1 Å². The van der Waals surface area contributed by atoms with Gasteiger partial charge in [-0.25, -0.2) is 4.39 Å². The Labute approximate surface area is 96.1 Å². The van der Waals surface area contributed by atoms with E-state index < -0.39 is 6.10 Å². The number of halogens is 1. The summed E-state index contributed by atoms with van der Waals surface area (Å²) in [7, 11) is 0. The largest absolute Gasteiger partial charge is 0.386 e. The summed E-state index contributed by atoms with van der Waals surface area (Å²) in [5.74, 6) is -0.328. The number of aryl methyl sites for hydroxylation is 1. The lowest BCUT2D eigenvalue weighted by Crippen LogP contribution is -2.22. The van der Waals surface area contributed by atoms with Gasteiger partial charge in [-0.2, -0.15) is 0 Å². The molecule has 0 saturated heterocycles. The maximum atomic E-state index is 13.1. The molecule has 0 fully saturated rings. The predicted molar refractivity (Wildman–Crippen MR) is 61.8 cm³/mol. The molecule has 2 nitrogen and oxygen atoms in total. The fraction of sp³-hybridized carbons (Fsp3) is 0.538. The molecule has 0 heterocycles. The minimum absolute atomic E-state index is 0.273. The highest BCUT2D eigenvalue weighted by atomic mass is 19.1. The van der Waals surface area contributed by atoms with Crippen molar-refractivity contribution >= 4 is 0 Å². The van der Waals surface area contributed by atoms with Gasteiger partial charge in [0, 0.05) is 6.61 Å². The second-order valence-corrected chi connectivity index (χ2v) is 3.85. The zero-order valence-electron chi connectivity index (χ0n) is 10.0. The lowest BCUT2D eigenvalue weighted by atomic mass is 9.98. The Morgan fingerprint density at radius 1 is 1.38 bits per heavy atom. The Morgan fingerprint density at radius 3 is 2.62 bits per heavy atom. The van der Waals surface area contributed by atoms with Crippen LogP contribution in [0.1, 0.15) is 37.5 Å². The first-order valence-electron chi connectivity index (χ1n) is 5.65. The first-order chi connectivity index (χ1) is 7.60. The third-order valence-electron chi connectivity index (χ3n) is 2.70. The van der Waals surface area contributed by atoms with E-state index >= 15 is 0 Å². The highest BCUT2D eigenvalue weighted by Crippen LogP contribution is 2.25. The molecule has 90 valence electrons. The molecule has 2 atom stereocenters. The smallest absolute Gasteiger partial charge is 0.123 e. The monoisotopic (exact) mass is 226 g/mol. The Hall–Kier alpha value is -0.930. The molecular weight excluding hydrogens is 207 g/mol. The van der Waals surface area contributed by atoms with Crippen LogP contribution in [0, 0.1) is 12.7 Å². The summed E-state index contributed by atoms with van der Waals surface area (Å²) >= 11 is 0. The topological polar surface area (TPSA) is 29.5 Å². The van der Waals surface area contributed by atoms with Crippen molar-refractivity contribution in [2.45, 2.75) is 39.4 Å². The van der Waals surface area contributed by atoms with Crippen molar-refractivity contribution < 1.29 is 14.2 Å². The van der Waals surface area contributed by atoms with Gasteiger partial charge in [-0.05, 0) is 43.5 Å². The molecule has 1 aromatic rings. The van der Waals surface area contributed by atoms with Crippen LogP contribution in [-0.4, -0.2) is 17.8 Å². The lowest BCUT2D eigenvalue weighted by molar-refractivity contribution is -0.0359. The molecule has 0 aliphatic carbocycles. The van der Waals surface area contributed by atoms with Crippen molar-refractivity contribution in [1.82, 2.24) is 0 Å². The average Bonchev–Trinajstić information content (AvgIpc) is 2.28. The van der Waals surface area contributed by atoms with E-state index in [2.05, 4.69) is 0 Å². The fourth-order valence-electron chi connectivity index (χ4n) is 1.78. The summed E-state index contributed by atoms with van der Waals surface area (Å²) in [5.41, 5.74) is 1.49. The van der Waals surface area contributed by atoms with Gasteiger partial charge >= 0.3 is 0 Å². The van der Waals surface area contributed by atoms with Gasteiger partial charge in [0.25, 0.3) is 0 Å². The highest BCUT2D eigenvalue weighted by Gasteiger charge is 2.21. The molecule has 1 aromatic carbocycles. The van der Waals surface area contributed by atoms with Crippen molar-refractivity contribution in [1.29, 1.82) is 0 Å². The molecule has 0 saturated carbocycles. The summed E-state index contributed by atoms with van der Waals surface area (Å²) in [5, 5.41) is 10.1.